The van der Waals surface area contributed by atoms with Crippen LogP contribution in [0.1, 0.15) is 24.2 Å². The van der Waals surface area contributed by atoms with Gasteiger partial charge in [0, 0.05) is 16.0 Å². The van der Waals surface area contributed by atoms with Crippen molar-refractivity contribution in [1.29, 1.82) is 0 Å². The van der Waals surface area contributed by atoms with Gasteiger partial charge in [-0.2, -0.15) is 0 Å². The van der Waals surface area contributed by atoms with E-state index in [2.05, 4.69) is 31.2 Å². The maximum atomic E-state index is 12.3. The molecule has 1 atom stereocenters. The molecule has 0 saturated carbocycles. The van der Waals surface area contributed by atoms with Crippen molar-refractivity contribution < 1.29 is 4.79 Å². The van der Waals surface area contributed by atoms with Gasteiger partial charge in [-0.3, -0.25) is 9.78 Å². The van der Waals surface area contributed by atoms with Crippen molar-refractivity contribution in [3.05, 3.63) is 69.8 Å². The Morgan fingerprint density at radius 3 is 2.79 bits per heavy atom. The number of carbonyl (C=O) groups excluding carboxylic acids is 1. The van der Waals surface area contributed by atoms with E-state index in [0.717, 1.165) is 26.4 Å². The first-order chi connectivity index (χ1) is 11.6. The number of thiazole rings is 1. The maximum absolute atomic E-state index is 12.3. The lowest BCUT2D eigenvalue weighted by Gasteiger charge is -2.15. The number of halogens is 1. The van der Waals surface area contributed by atoms with Crippen LogP contribution in [0.2, 0.25) is 0 Å². The van der Waals surface area contributed by atoms with Gasteiger partial charge in [-0.25, -0.2) is 4.98 Å². The van der Waals surface area contributed by atoms with E-state index in [0.29, 0.717) is 0 Å². The lowest BCUT2D eigenvalue weighted by atomic mass is 10.1. The van der Waals surface area contributed by atoms with E-state index in [1.807, 2.05) is 54.8 Å². The molecule has 0 spiro atoms. The molecule has 0 fully saturated rings. The van der Waals surface area contributed by atoms with E-state index in [4.69, 9.17) is 0 Å². The molecule has 1 N–H and O–H groups in total. The molecule has 0 unspecified atom stereocenters. The van der Waals surface area contributed by atoms with Crippen molar-refractivity contribution in [2.75, 3.05) is 0 Å². The molecule has 0 aliphatic heterocycles. The van der Waals surface area contributed by atoms with Crippen LogP contribution < -0.4 is 5.32 Å². The number of carbonyl (C=O) groups is 1. The van der Waals surface area contributed by atoms with Gasteiger partial charge in [-0.05, 0) is 30.7 Å². The van der Waals surface area contributed by atoms with Crippen LogP contribution in [-0.4, -0.2) is 15.9 Å². The van der Waals surface area contributed by atoms with Crippen molar-refractivity contribution in [3.63, 3.8) is 0 Å². The third-order valence-corrected chi connectivity index (χ3v) is 5.16. The van der Waals surface area contributed by atoms with Crippen LogP contribution in [0.25, 0.3) is 10.7 Å². The first-order valence-corrected chi connectivity index (χ1v) is 9.20. The smallest absolute Gasteiger partial charge is 0.226 e. The summed E-state index contributed by atoms with van der Waals surface area (Å²) < 4.78 is 0.990. The largest absolute Gasteiger partial charge is 0.349 e. The number of nitrogens with one attached hydrogen (secondary N) is 1. The Hall–Kier alpha value is -2.05. The van der Waals surface area contributed by atoms with E-state index < -0.39 is 0 Å². The predicted octanol–water partition coefficient (Wildman–Crippen LogP) is 4.39. The van der Waals surface area contributed by atoms with Gasteiger partial charge < -0.3 is 5.32 Å². The number of hydrogen-bond acceptors (Lipinski definition) is 4. The molecule has 1 aromatic carbocycles. The zero-order valence-corrected chi connectivity index (χ0v) is 15.5. The first-order valence-electron chi connectivity index (χ1n) is 7.53. The first kappa shape index (κ1) is 16.8. The number of amides is 1. The molecule has 3 aromatic rings. The standard InChI is InChI=1S/C18H16BrN3OS/c1-12(14-6-2-3-7-15(14)19)21-17(23)10-13-11-24-18(22-13)16-8-4-5-9-20-16/h2-9,11-12H,10H2,1H3,(H,21,23)/t12-/m0/s1. The van der Waals surface area contributed by atoms with Crippen LogP contribution in [0.4, 0.5) is 0 Å². The van der Waals surface area contributed by atoms with Crippen molar-refractivity contribution >= 4 is 33.2 Å². The Morgan fingerprint density at radius 2 is 2.04 bits per heavy atom. The van der Waals surface area contributed by atoms with Gasteiger partial charge in [-0.15, -0.1) is 11.3 Å². The Labute approximate surface area is 153 Å². The minimum atomic E-state index is -0.0676. The highest BCUT2D eigenvalue weighted by molar-refractivity contribution is 9.10. The molecule has 1 amide bonds. The molecule has 4 nitrogen and oxygen atoms in total. The predicted molar refractivity (Wildman–Crippen MR) is 99.7 cm³/mol. The van der Waals surface area contributed by atoms with Crippen molar-refractivity contribution in [2.24, 2.45) is 0 Å². The van der Waals surface area contributed by atoms with Gasteiger partial charge in [0.2, 0.25) is 5.91 Å². The van der Waals surface area contributed by atoms with E-state index in [1.54, 1.807) is 6.20 Å². The topological polar surface area (TPSA) is 54.9 Å². The fourth-order valence-corrected chi connectivity index (χ4v) is 3.78. The highest BCUT2D eigenvalue weighted by Crippen LogP contribution is 2.24. The highest BCUT2D eigenvalue weighted by Gasteiger charge is 2.14. The summed E-state index contributed by atoms with van der Waals surface area (Å²) in [4.78, 5) is 21.1. The number of pyridine rings is 1. The summed E-state index contributed by atoms with van der Waals surface area (Å²) in [7, 11) is 0. The summed E-state index contributed by atoms with van der Waals surface area (Å²) in [6.45, 7) is 1.97. The van der Waals surface area contributed by atoms with E-state index in [1.165, 1.54) is 11.3 Å². The molecule has 6 heteroatoms. The number of benzene rings is 1. The van der Waals surface area contributed by atoms with Crippen LogP contribution in [-0.2, 0) is 11.2 Å². The molecular weight excluding hydrogens is 386 g/mol. The Morgan fingerprint density at radius 1 is 1.25 bits per heavy atom. The quantitative estimate of drug-likeness (QED) is 0.689. The molecule has 122 valence electrons. The molecule has 2 aromatic heterocycles. The van der Waals surface area contributed by atoms with Crippen molar-refractivity contribution in [1.82, 2.24) is 15.3 Å². The third-order valence-electron chi connectivity index (χ3n) is 3.53. The van der Waals surface area contributed by atoms with Crippen LogP contribution in [0.3, 0.4) is 0 Å². The summed E-state index contributed by atoms with van der Waals surface area (Å²) in [5, 5.41) is 5.75. The van der Waals surface area contributed by atoms with E-state index >= 15 is 0 Å². The summed E-state index contributed by atoms with van der Waals surface area (Å²) in [6, 6.07) is 13.5. The summed E-state index contributed by atoms with van der Waals surface area (Å²) >= 11 is 5.02. The molecule has 0 bridgehead atoms. The Bertz CT molecular complexity index is 835. The van der Waals surface area contributed by atoms with Gasteiger partial charge in [0.15, 0.2) is 0 Å². The zero-order valence-electron chi connectivity index (χ0n) is 13.1. The molecule has 0 aliphatic carbocycles. The van der Waals surface area contributed by atoms with Crippen LogP contribution in [0.15, 0.2) is 58.5 Å². The summed E-state index contributed by atoms with van der Waals surface area (Å²) in [5.41, 5.74) is 2.64. The Kier molecular flexibility index (Phi) is 5.37. The van der Waals surface area contributed by atoms with Crippen LogP contribution in [0, 0.1) is 0 Å². The normalized spacial score (nSPS) is 11.9. The molecule has 0 saturated heterocycles. The van der Waals surface area contributed by atoms with Gasteiger partial charge in [-0.1, -0.05) is 40.2 Å². The molecule has 24 heavy (non-hydrogen) atoms. The second kappa shape index (κ2) is 7.68. The molecule has 2 heterocycles. The second-order valence-corrected chi connectivity index (χ2v) is 7.06. The minimum absolute atomic E-state index is 0.0453. The van der Waals surface area contributed by atoms with Gasteiger partial charge >= 0.3 is 0 Å². The van der Waals surface area contributed by atoms with Crippen LogP contribution >= 0.6 is 27.3 Å². The minimum Gasteiger partial charge on any atom is -0.349 e. The molecule has 3 rings (SSSR count). The van der Waals surface area contributed by atoms with Crippen molar-refractivity contribution in [3.8, 4) is 10.7 Å². The van der Waals surface area contributed by atoms with Gasteiger partial charge in [0.1, 0.15) is 5.01 Å². The average Bonchev–Trinajstić information content (AvgIpc) is 3.04. The van der Waals surface area contributed by atoms with Gasteiger partial charge in [0.25, 0.3) is 0 Å². The number of nitrogens with zero attached hydrogens (tertiary/aromatic N) is 2. The fraction of sp³-hybridized carbons (Fsp3) is 0.167. The summed E-state index contributed by atoms with van der Waals surface area (Å²) in [5.74, 6) is -0.0453. The van der Waals surface area contributed by atoms with E-state index in [9.17, 15) is 4.79 Å². The Balaban J connectivity index is 1.63. The second-order valence-electron chi connectivity index (χ2n) is 5.35. The average molecular weight is 402 g/mol. The third kappa shape index (κ3) is 4.07. The van der Waals surface area contributed by atoms with Crippen LogP contribution in [0.5, 0.6) is 0 Å². The fourth-order valence-electron chi connectivity index (χ4n) is 2.36. The zero-order chi connectivity index (χ0) is 16.9. The maximum Gasteiger partial charge on any atom is 0.226 e. The van der Waals surface area contributed by atoms with E-state index in [-0.39, 0.29) is 18.4 Å². The molecule has 0 aliphatic rings. The molecule has 0 radical (unpaired) electrons. The highest BCUT2D eigenvalue weighted by atomic mass is 79.9. The lowest BCUT2D eigenvalue weighted by Crippen LogP contribution is -2.28. The van der Waals surface area contributed by atoms with Crippen molar-refractivity contribution in [2.45, 2.75) is 19.4 Å². The SMILES string of the molecule is C[C@H](NC(=O)Cc1csc(-c2ccccn2)n1)c1ccccc1Br. The molecular formula is C18H16BrN3OS. The number of rotatable bonds is 5. The lowest BCUT2D eigenvalue weighted by molar-refractivity contribution is -0.121. The summed E-state index contributed by atoms with van der Waals surface area (Å²) in [6.07, 6.45) is 2.00. The van der Waals surface area contributed by atoms with Gasteiger partial charge in [0.05, 0.1) is 23.9 Å². The number of hydrogen-bond donors (Lipinski definition) is 1. The number of aromatic nitrogens is 2. The monoisotopic (exact) mass is 401 g/mol.